The molecule has 25 heavy (non-hydrogen) atoms. The molecule has 3 nitrogen and oxygen atoms in total. The first-order chi connectivity index (χ1) is 12.1. The number of para-hydroxylation sites is 1. The smallest absolute Gasteiger partial charge is 0.261 e. The number of hydrogen-bond donors (Lipinski definition) is 1. The predicted octanol–water partition coefficient (Wildman–Crippen LogP) is 5.07. The van der Waals surface area contributed by atoms with Crippen molar-refractivity contribution in [2.24, 2.45) is 0 Å². The largest absolute Gasteiger partial charge is 0.481 e. The van der Waals surface area contributed by atoms with Crippen molar-refractivity contribution in [2.75, 3.05) is 0 Å². The number of rotatable bonds is 6. The topological polar surface area (TPSA) is 38.3 Å². The Morgan fingerprint density at radius 1 is 1.04 bits per heavy atom. The normalized spacial score (nSPS) is 13.0. The van der Waals surface area contributed by atoms with Crippen LogP contribution < -0.4 is 10.1 Å². The summed E-state index contributed by atoms with van der Waals surface area (Å²) in [5.74, 6) is 0.499. The lowest BCUT2D eigenvalue weighted by molar-refractivity contribution is -0.127. The van der Waals surface area contributed by atoms with Crippen LogP contribution in [-0.2, 0) is 4.79 Å². The Balaban J connectivity index is 1.75. The Bertz CT molecular complexity index is 803. The van der Waals surface area contributed by atoms with Crippen molar-refractivity contribution in [1.29, 1.82) is 0 Å². The molecular weight excluding hydrogens is 354 g/mol. The van der Waals surface area contributed by atoms with Gasteiger partial charge in [-0.2, -0.15) is 11.3 Å². The Morgan fingerprint density at radius 3 is 2.40 bits per heavy atom. The maximum atomic E-state index is 12.6. The van der Waals surface area contributed by atoms with Crippen LogP contribution >= 0.6 is 22.9 Å². The third-order valence-corrected chi connectivity index (χ3v) is 4.75. The van der Waals surface area contributed by atoms with E-state index in [1.165, 1.54) is 0 Å². The van der Waals surface area contributed by atoms with Crippen molar-refractivity contribution in [3.63, 3.8) is 0 Å². The average molecular weight is 372 g/mol. The summed E-state index contributed by atoms with van der Waals surface area (Å²) >= 11 is 7.58. The fourth-order valence-corrected chi connectivity index (χ4v) is 3.28. The Kier molecular flexibility index (Phi) is 5.74. The van der Waals surface area contributed by atoms with Gasteiger partial charge >= 0.3 is 0 Å². The fourth-order valence-electron chi connectivity index (χ4n) is 2.47. The van der Waals surface area contributed by atoms with E-state index < -0.39 is 6.10 Å². The molecule has 0 saturated carbocycles. The number of thiophene rings is 1. The molecule has 1 N–H and O–H groups in total. The highest BCUT2D eigenvalue weighted by Gasteiger charge is 2.22. The molecule has 0 aliphatic rings. The average Bonchev–Trinajstić information content (AvgIpc) is 3.15. The van der Waals surface area contributed by atoms with Crippen LogP contribution in [0.3, 0.4) is 0 Å². The van der Waals surface area contributed by atoms with Gasteiger partial charge in [0.05, 0.1) is 6.04 Å². The Labute approximate surface area is 156 Å². The lowest BCUT2D eigenvalue weighted by Crippen LogP contribution is -2.38. The molecule has 1 aromatic heterocycles. The van der Waals surface area contributed by atoms with Gasteiger partial charge in [0.2, 0.25) is 0 Å². The van der Waals surface area contributed by atoms with E-state index in [1.807, 2.05) is 71.4 Å². The molecule has 5 heteroatoms. The molecule has 1 amide bonds. The number of ether oxygens (including phenoxy) is 1. The van der Waals surface area contributed by atoms with Gasteiger partial charge in [-0.3, -0.25) is 4.79 Å². The summed E-state index contributed by atoms with van der Waals surface area (Å²) in [7, 11) is 0. The predicted molar refractivity (Wildman–Crippen MR) is 102 cm³/mol. The number of carbonyl (C=O) groups is 1. The van der Waals surface area contributed by atoms with Gasteiger partial charge in [0.25, 0.3) is 5.91 Å². The van der Waals surface area contributed by atoms with Crippen LogP contribution in [0.1, 0.15) is 24.1 Å². The van der Waals surface area contributed by atoms with Crippen LogP contribution in [0.2, 0.25) is 5.02 Å². The second kappa shape index (κ2) is 8.19. The molecule has 2 atom stereocenters. The minimum atomic E-state index is -0.601. The maximum absolute atomic E-state index is 12.6. The quantitative estimate of drug-likeness (QED) is 0.656. The van der Waals surface area contributed by atoms with Gasteiger partial charge in [-0.05, 0) is 59.1 Å². The molecule has 0 fully saturated rings. The summed E-state index contributed by atoms with van der Waals surface area (Å²) in [5, 5.41) is 7.77. The zero-order valence-electron chi connectivity index (χ0n) is 13.7. The van der Waals surface area contributed by atoms with E-state index in [4.69, 9.17) is 16.3 Å². The van der Waals surface area contributed by atoms with Crippen LogP contribution in [0.15, 0.2) is 71.4 Å². The van der Waals surface area contributed by atoms with E-state index in [-0.39, 0.29) is 11.9 Å². The van der Waals surface area contributed by atoms with Crippen molar-refractivity contribution in [1.82, 2.24) is 5.32 Å². The third kappa shape index (κ3) is 4.62. The summed E-state index contributed by atoms with van der Waals surface area (Å²) in [6, 6.07) is 18.6. The minimum absolute atomic E-state index is 0.171. The lowest BCUT2D eigenvalue weighted by atomic mass is 10.0. The fraction of sp³-hybridized carbons (Fsp3) is 0.150. The number of carbonyl (C=O) groups excluding carboxylic acids is 1. The monoisotopic (exact) mass is 371 g/mol. The molecule has 0 aliphatic heterocycles. The van der Waals surface area contributed by atoms with Gasteiger partial charge in [-0.1, -0.05) is 41.9 Å². The van der Waals surface area contributed by atoms with Gasteiger partial charge in [0.1, 0.15) is 5.75 Å². The van der Waals surface area contributed by atoms with E-state index in [2.05, 4.69) is 5.32 Å². The summed E-state index contributed by atoms with van der Waals surface area (Å²) in [4.78, 5) is 12.6. The van der Waals surface area contributed by atoms with Gasteiger partial charge in [0, 0.05) is 5.02 Å². The van der Waals surface area contributed by atoms with Crippen LogP contribution in [0.4, 0.5) is 0 Å². The molecule has 0 radical (unpaired) electrons. The number of halogens is 1. The molecule has 0 aliphatic carbocycles. The first-order valence-electron chi connectivity index (χ1n) is 7.93. The lowest BCUT2D eigenvalue weighted by Gasteiger charge is -2.22. The molecule has 0 spiro atoms. The van der Waals surface area contributed by atoms with Crippen molar-refractivity contribution in [3.8, 4) is 5.75 Å². The second-order valence-electron chi connectivity index (χ2n) is 5.62. The van der Waals surface area contributed by atoms with E-state index in [9.17, 15) is 4.79 Å². The standard InChI is InChI=1S/C20H18ClNO2S/c1-14(24-18-5-3-2-4-6-18)20(23)22-19(16-11-12-25-13-16)15-7-9-17(21)10-8-15/h2-14,19H,1H3,(H,22,23). The van der Waals surface area contributed by atoms with Gasteiger partial charge in [0.15, 0.2) is 6.10 Å². The van der Waals surface area contributed by atoms with E-state index in [1.54, 1.807) is 18.3 Å². The summed E-state index contributed by atoms with van der Waals surface area (Å²) in [5.41, 5.74) is 2.01. The number of hydrogen-bond acceptors (Lipinski definition) is 3. The summed E-state index contributed by atoms with van der Waals surface area (Å²) in [6.07, 6.45) is -0.601. The first kappa shape index (κ1) is 17.5. The van der Waals surface area contributed by atoms with E-state index in [0.717, 1.165) is 11.1 Å². The Morgan fingerprint density at radius 2 is 1.76 bits per heavy atom. The number of nitrogens with one attached hydrogen (secondary N) is 1. The first-order valence-corrected chi connectivity index (χ1v) is 9.25. The van der Waals surface area contributed by atoms with E-state index in [0.29, 0.717) is 10.8 Å². The maximum Gasteiger partial charge on any atom is 0.261 e. The highest BCUT2D eigenvalue weighted by molar-refractivity contribution is 7.08. The van der Waals surface area contributed by atoms with Crippen molar-refractivity contribution >= 4 is 28.8 Å². The van der Waals surface area contributed by atoms with Crippen LogP contribution in [0.25, 0.3) is 0 Å². The van der Waals surface area contributed by atoms with Crippen molar-refractivity contribution in [2.45, 2.75) is 19.1 Å². The molecule has 0 bridgehead atoms. The van der Waals surface area contributed by atoms with Crippen LogP contribution in [0, 0.1) is 0 Å². The van der Waals surface area contributed by atoms with Crippen molar-refractivity contribution < 1.29 is 9.53 Å². The SMILES string of the molecule is CC(Oc1ccccc1)C(=O)NC(c1ccc(Cl)cc1)c1ccsc1. The number of amides is 1. The Hall–Kier alpha value is -2.30. The molecule has 2 aromatic carbocycles. The van der Waals surface area contributed by atoms with E-state index >= 15 is 0 Å². The molecule has 3 rings (SSSR count). The summed E-state index contributed by atoms with van der Waals surface area (Å²) < 4.78 is 5.72. The molecule has 2 unspecified atom stereocenters. The highest BCUT2D eigenvalue weighted by Crippen LogP contribution is 2.25. The van der Waals surface area contributed by atoms with Gasteiger partial charge in [-0.15, -0.1) is 0 Å². The zero-order valence-corrected chi connectivity index (χ0v) is 15.3. The number of benzene rings is 2. The van der Waals surface area contributed by atoms with Gasteiger partial charge < -0.3 is 10.1 Å². The molecular formula is C20H18ClNO2S. The third-order valence-electron chi connectivity index (χ3n) is 3.79. The highest BCUT2D eigenvalue weighted by atomic mass is 35.5. The summed E-state index contributed by atoms with van der Waals surface area (Å²) in [6.45, 7) is 1.74. The molecule has 1 heterocycles. The minimum Gasteiger partial charge on any atom is -0.481 e. The van der Waals surface area contributed by atoms with Crippen LogP contribution in [0.5, 0.6) is 5.75 Å². The van der Waals surface area contributed by atoms with Gasteiger partial charge in [-0.25, -0.2) is 0 Å². The molecule has 3 aromatic rings. The van der Waals surface area contributed by atoms with Crippen molar-refractivity contribution in [3.05, 3.63) is 87.6 Å². The molecule has 0 saturated heterocycles. The van der Waals surface area contributed by atoms with Crippen LogP contribution in [-0.4, -0.2) is 12.0 Å². The molecule has 128 valence electrons. The second-order valence-corrected chi connectivity index (χ2v) is 6.84. The zero-order chi connectivity index (χ0) is 17.6.